The van der Waals surface area contributed by atoms with Gasteiger partial charge >= 0.3 is 0 Å². The second kappa shape index (κ2) is 10.5. The molecule has 0 unspecified atom stereocenters. The molecular weight excluding hydrogens is 639 g/mol. The molecule has 0 bridgehead atoms. The summed E-state index contributed by atoms with van der Waals surface area (Å²) in [5.41, 5.74) is 10.0. The van der Waals surface area contributed by atoms with Crippen LogP contribution >= 0.6 is 11.3 Å². The van der Waals surface area contributed by atoms with Crippen LogP contribution in [-0.2, 0) is 5.41 Å². The molecule has 3 nitrogen and oxygen atoms in total. The fraction of sp³-hybridized carbons (Fsp3) is 0.0638. The van der Waals surface area contributed by atoms with Gasteiger partial charge in [-0.25, -0.2) is 9.97 Å². The highest BCUT2D eigenvalue weighted by Gasteiger charge is 2.41. The van der Waals surface area contributed by atoms with E-state index in [1.165, 1.54) is 64.0 Å². The van der Waals surface area contributed by atoms with E-state index in [-0.39, 0.29) is 5.41 Å². The predicted octanol–water partition coefficient (Wildman–Crippen LogP) is 12.7. The Kier molecular flexibility index (Phi) is 5.89. The molecule has 0 amide bonds. The first-order valence-corrected chi connectivity index (χ1v) is 18.3. The summed E-state index contributed by atoms with van der Waals surface area (Å²) >= 11 is 1.83. The lowest BCUT2D eigenvalue weighted by Gasteiger charge is -2.22. The summed E-state index contributed by atoms with van der Waals surface area (Å²) in [5, 5.41) is 7.46. The minimum Gasteiger partial charge on any atom is -0.293 e. The van der Waals surface area contributed by atoms with Crippen molar-refractivity contribution in [3.8, 4) is 39.5 Å². The van der Waals surface area contributed by atoms with Crippen LogP contribution in [0.5, 0.6) is 0 Å². The van der Waals surface area contributed by atoms with Crippen LogP contribution in [0.2, 0.25) is 0 Å². The largest absolute Gasteiger partial charge is 0.293 e. The molecule has 4 heteroatoms. The highest BCUT2D eigenvalue weighted by Crippen LogP contribution is 2.52. The van der Waals surface area contributed by atoms with Crippen molar-refractivity contribution in [1.29, 1.82) is 0 Å². The van der Waals surface area contributed by atoms with E-state index in [1.54, 1.807) is 0 Å². The maximum atomic E-state index is 5.60. The molecule has 3 aromatic heterocycles. The SMILES string of the molecule is CC1(C)c2cc(-c3ccccc3)ccc2-c2c(-n3c4ccccc4c4cc5ccccc5cc43)nc(-c3ccc4c(c3)sc3ccccc34)nc21. The van der Waals surface area contributed by atoms with Crippen LogP contribution in [0.25, 0.3) is 92.2 Å². The second-order valence-corrected chi connectivity index (χ2v) is 15.3. The third kappa shape index (κ3) is 4.11. The fourth-order valence-electron chi connectivity index (χ4n) is 8.41. The quantitative estimate of drug-likeness (QED) is 0.187. The average molecular weight is 670 g/mol. The zero-order valence-electron chi connectivity index (χ0n) is 28.2. The van der Waals surface area contributed by atoms with E-state index in [2.05, 4.69) is 170 Å². The van der Waals surface area contributed by atoms with E-state index >= 15 is 0 Å². The van der Waals surface area contributed by atoms with Crippen LogP contribution in [-0.4, -0.2) is 14.5 Å². The molecule has 7 aromatic carbocycles. The molecule has 10 aromatic rings. The zero-order valence-corrected chi connectivity index (χ0v) is 29.0. The Hall–Kier alpha value is -6.10. The lowest BCUT2D eigenvalue weighted by atomic mass is 9.84. The monoisotopic (exact) mass is 669 g/mol. The Labute approximate surface area is 299 Å². The van der Waals surface area contributed by atoms with Crippen LogP contribution in [0, 0.1) is 0 Å². The molecule has 1 aliphatic carbocycles. The molecule has 0 radical (unpaired) electrons. The number of rotatable bonds is 3. The molecular formula is C47H31N3S. The van der Waals surface area contributed by atoms with Crippen molar-refractivity contribution >= 4 is 64.1 Å². The smallest absolute Gasteiger partial charge is 0.161 e. The lowest BCUT2D eigenvalue weighted by Crippen LogP contribution is -2.18. The number of hydrogen-bond donors (Lipinski definition) is 0. The Bertz CT molecular complexity index is 3060. The van der Waals surface area contributed by atoms with Gasteiger partial charge in [0.15, 0.2) is 5.82 Å². The summed E-state index contributed by atoms with van der Waals surface area (Å²) in [7, 11) is 0. The Morgan fingerprint density at radius 3 is 2.08 bits per heavy atom. The average Bonchev–Trinajstić information content (AvgIpc) is 3.78. The summed E-state index contributed by atoms with van der Waals surface area (Å²) in [5.74, 6) is 1.67. The van der Waals surface area contributed by atoms with E-state index < -0.39 is 0 Å². The maximum Gasteiger partial charge on any atom is 0.161 e. The van der Waals surface area contributed by atoms with Gasteiger partial charge in [0.05, 0.1) is 16.7 Å². The number of para-hydroxylation sites is 1. The van der Waals surface area contributed by atoms with Gasteiger partial charge in [-0.3, -0.25) is 4.57 Å². The third-order valence-corrected chi connectivity index (χ3v) is 12.1. The molecule has 3 heterocycles. The van der Waals surface area contributed by atoms with E-state index in [0.29, 0.717) is 0 Å². The lowest BCUT2D eigenvalue weighted by molar-refractivity contribution is 0.635. The van der Waals surface area contributed by atoms with Gasteiger partial charge in [0.2, 0.25) is 0 Å². The molecule has 1 aliphatic rings. The van der Waals surface area contributed by atoms with Crippen LogP contribution in [0.15, 0.2) is 152 Å². The molecule has 240 valence electrons. The molecule has 0 spiro atoms. The van der Waals surface area contributed by atoms with Gasteiger partial charge in [-0.1, -0.05) is 129 Å². The van der Waals surface area contributed by atoms with Crippen molar-refractivity contribution in [3.05, 3.63) is 163 Å². The van der Waals surface area contributed by atoms with E-state index in [4.69, 9.17) is 9.97 Å². The second-order valence-electron chi connectivity index (χ2n) is 14.2. The third-order valence-electron chi connectivity index (χ3n) is 10.9. The number of benzene rings is 7. The molecule has 0 aliphatic heterocycles. The Morgan fingerprint density at radius 1 is 0.510 bits per heavy atom. The minimum atomic E-state index is -0.352. The molecule has 0 saturated carbocycles. The highest BCUT2D eigenvalue weighted by molar-refractivity contribution is 7.25. The molecule has 0 atom stereocenters. The van der Waals surface area contributed by atoms with E-state index in [9.17, 15) is 0 Å². The van der Waals surface area contributed by atoms with Gasteiger partial charge in [-0.15, -0.1) is 11.3 Å². The maximum absolute atomic E-state index is 5.60. The molecule has 51 heavy (non-hydrogen) atoms. The molecule has 0 fully saturated rings. The van der Waals surface area contributed by atoms with Gasteiger partial charge in [-0.05, 0) is 69.4 Å². The van der Waals surface area contributed by atoms with Gasteiger partial charge in [0.25, 0.3) is 0 Å². The topological polar surface area (TPSA) is 30.7 Å². The molecule has 11 rings (SSSR count). The summed E-state index contributed by atoms with van der Waals surface area (Å²) in [6.45, 7) is 4.64. The van der Waals surface area contributed by atoms with Gasteiger partial charge in [0, 0.05) is 47.5 Å². The number of thiophene rings is 1. The summed E-state index contributed by atoms with van der Waals surface area (Å²) in [6, 6.07) is 55.1. The van der Waals surface area contributed by atoms with Gasteiger partial charge in [-0.2, -0.15) is 0 Å². The van der Waals surface area contributed by atoms with Gasteiger partial charge in [0.1, 0.15) is 5.82 Å². The fourth-order valence-corrected chi connectivity index (χ4v) is 9.55. The van der Waals surface area contributed by atoms with Crippen molar-refractivity contribution in [2.45, 2.75) is 19.3 Å². The predicted molar refractivity (Wildman–Crippen MR) is 215 cm³/mol. The Balaban J connectivity index is 1.24. The summed E-state index contributed by atoms with van der Waals surface area (Å²) < 4.78 is 4.94. The number of fused-ring (bicyclic) bond motifs is 10. The number of hydrogen-bond acceptors (Lipinski definition) is 3. The van der Waals surface area contributed by atoms with Crippen LogP contribution in [0.3, 0.4) is 0 Å². The van der Waals surface area contributed by atoms with Crippen LogP contribution in [0.1, 0.15) is 25.1 Å². The Morgan fingerprint density at radius 2 is 1.22 bits per heavy atom. The van der Waals surface area contributed by atoms with Gasteiger partial charge < -0.3 is 0 Å². The number of aromatic nitrogens is 3. The molecule has 0 saturated heterocycles. The number of nitrogens with zero attached hydrogens (tertiary/aromatic N) is 3. The van der Waals surface area contributed by atoms with E-state index in [1.807, 2.05) is 11.3 Å². The van der Waals surface area contributed by atoms with Crippen LogP contribution in [0.4, 0.5) is 0 Å². The van der Waals surface area contributed by atoms with E-state index in [0.717, 1.165) is 39.5 Å². The first kappa shape index (κ1) is 28.7. The van der Waals surface area contributed by atoms with Crippen molar-refractivity contribution in [3.63, 3.8) is 0 Å². The zero-order chi connectivity index (χ0) is 33.8. The summed E-state index contributed by atoms with van der Waals surface area (Å²) in [6.07, 6.45) is 0. The molecule has 0 N–H and O–H groups in total. The first-order chi connectivity index (χ1) is 25.0. The standard InChI is InChI=1S/C47H31N3S/c1-47(2)38-25-31(28-12-4-3-5-13-28)20-23-36(38)43-44(47)48-45(32-21-22-35-34-17-9-11-19-41(34)51-42(35)27-32)49-46(43)50-39-18-10-8-16-33(39)37-24-29-14-6-7-15-30(29)26-40(37)50/h3-27H,1-2H3. The van der Waals surface area contributed by atoms with Crippen molar-refractivity contribution in [2.75, 3.05) is 0 Å². The van der Waals surface area contributed by atoms with Crippen LogP contribution < -0.4 is 0 Å². The van der Waals surface area contributed by atoms with Crippen molar-refractivity contribution < 1.29 is 0 Å². The summed E-state index contributed by atoms with van der Waals surface area (Å²) in [4.78, 5) is 11.1. The minimum absolute atomic E-state index is 0.352. The highest BCUT2D eigenvalue weighted by atomic mass is 32.1. The normalized spacial score (nSPS) is 13.5. The first-order valence-electron chi connectivity index (χ1n) is 17.5. The van der Waals surface area contributed by atoms with Crippen molar-refractivity contribution in [2.24, 2.45) is 0 Å². The van der Waals surface area contributed by atoms with Crippen molar-refractivity contribution in [1.82, 2.24) is 14.5 Å².